The lowest BCUT2D eigenvalue weighted by molar-refractivity contribution is 0.550. The maximum atomic E-state index is 4.14. The van der Waals surface area contributed by atoms with Gasteiger partial charge in [0.1, 0.15) is 0 Å². The third-order valence-electron chi connectivity index (χ3n) is 3.42. The zero-order chi connectivity index (χ0) is 14.8. The van der Waals surface area contributed by atoms with E-state index in [4.69, 9.17) is 0 Å². The van der Waals surface area contributed by atoms with Crippen LogP contribution >= 0.6 is 15.9 Å². The van der Waals surface area contributed by atoms with Crippen LogP contribution in [0.1, 0.15) is 25.7 Å². The Bertz CT molecular complexity index is 768. The van der Waals surface area contributed by atoms with Crippen LogP contribution in [0.15, 0.2) is 40.9 Å². The van der Waals surface area contributed by atoms with Gasteiger partial charge >= 0.3 is 0 Å². The molecule has 1 atom stereocenters. The summed E-state index contributed by atoms with van der Waals surface area (Å²) in [5.74, 6) is 0.813. The van der Waals surface area contributed by atoms with Crippen LogP contribution in [-0.4, -0.2) is 26.8 Å². The zero-order valence-electron chi connectivity index (χ0n) is 11.9. The first kappa shape index (κ1) is 14.2. The molecule has 108 valence electrons. The highest BCUT2D eigenvalue weighted by atomic mass is 79.9. The topological polar surface area (TPSA) is 55.6 Å². The first-order chi connectivity index (χ1) is 10.2. The minimum Gasteiger partial charge on any atom is -0.308 e. The van der Waals surface area contributed by atoms with E-state index >= 15 is 0 Å². The molecule has 21 heavy (non-hydrogen) atoms. The monoisotopic (exact) mass is 345 g/mol. The molecule has 6 heteroatoms. The molecule has 0 radical (unpaired) electrons. The summed E-state index contributed by atoms with van der Waals surface area (Å²) in [6.45, 7) is 5.00. The van der Waals surface area contributed by atoms with Gasteiger partial charge in [-0.05, 0) is 58.9 Å². The lowest BCUT2D eigenvalue weighted by atomic mass is 10.1. The minimum absolute atomic E-state index is 0.102. The summed E-state index contributed by atoms with van der Waals surface area (Å²) in [7, 11) is 0. The molecular weight excluding hydrogens is 330 g/mol. The van der Waals surface area contributed by atoms with Gasteiger partial charge in [-0.3, -0.25) is 0 Å². The fourth-order valence-corrected chi connectivity index (χ4v) is 2.76. The Kier molecular flexibility index (Phi) is 3.98. The van der Waals surface area contributed by atoms with Crippen LogP contribution in [0.25, 0.3) is 16.5 Å². The van der Waals surface area contributed by atoms with Gasteiger partial charge in [-0.25, -0.2) is 0 Å². The molecule has 0 saturated heterocycles. The summed E-state index contributed by atoms with van der Waals surface area (Å²) >= 11 is 3.49. The van der Waals surface area contributed by atoms with Crippen LogP contribution in [0.3, 0.4) is 0 Å². The second-order valence-corrected chi connectivity index (χ2v) is 5.82. The molecule has 3 rings (SSSR count). The van der Waals surface area contributed by atoms with Gasteiger partial charge in [0, 0.05) is 4.47 Å². The molecule has 0 saturated carbocycles. The summed E-state index contributed by atoms with van der Waals surface area (Å²) in [5, 5.41) is 17.7. The van der Waals surface area contributed by atoms with Crippen molar-refractivity contribution in [3.63, 3.8) is 0 Å². The van der Waals surface area contributed by atoms with Crippen LogP contribution in [0, 0.1) is 0 Å². The molecule has 0 spiro atoms. The van der Waals surface area contributed by atoms with Gasteiger partial charge in [-0.15, -0.1) is 5.10 Å². The van der Waals surface area contributed by atoms with E-state index in [0.717, 1.165) is 27.9 Å². The SMILES string of the molecule is CCNC(C)c1nnnn1-c1ccc2cc(Br)ccc2c1. The van der Waals surface area contributed by atoms with E-state index in [9.17, 15) is 0 Å². The quantitative estimate of drug-likeness (QED) is 0.788. The van der Waals surface area contributed by atoms with Crippen LogP contribution in [0.5, 0.6) is 0 Å². The number of benzene rings is 2. The van der Waals surface area contributed by atoms with Crippen molar-refractivity contribution in [2.45, 2.75) is 19.9 Å². The Labute approximate surface area is 131 Å². The number of halogens is 1. The molecule has 0 aliphatic rings. The lowest BCUT2D eigenvalue weighted by Gasteiger charge is -2.12. The molecule has 1 unspecified atom stereocenters. The average molecular weight is 346 g/mol. The predicted octanol–water partition coefficient (Wildman–Crippen LogP) is 3.25. The molecule has 5 nitrogen and oxygen atoms in total. The third kappa shape index (κ3) is 2.82. The van der Waals surface area contributed by atoms with Crippen molar-refractivity contribution < 1.29 is 0 Å². The van der Waals surface area contributed by atoms with E-state index in [0.29, 0.717) is 0 Å². The van der Waals surface area contributed by atoms with Gasteiger partial charge in [0.15, 0.2) is 5.82 Å². The number of rotatable bonds is 4. The average Bonchev–Trinajstić information content (AvgIpc) is 2.96. The fraction of sp³-hybridized carbons (Fsp3) is 0.267. The molecule has 0 aliphatic heterocycles. The molecule has 3 aromatic rings. The normalized spacial score (nSPS) is 12.7. The smallest absolute Gasteiger partial charge is 0.173 e. The number of tetrazole rings is 1. The number of fused-ring (bicyclic) bond motifs is 1. The number of nitrogens with one attached hydrogen (secondary N) is 1. The number of aromatic nitrogens is 4. The van der Waals surface area contributed by atoms with E-state index < -0.39 is 0 Å². The van der Waals surface area contributed by atoms with E-state index in [1.165, 1.54) is 5.39 Å². The Morgan fingerprint density at radius 3 is 2.76 bits per heavy atom. The van der Waals surface area contributed by atoms with Crippen molar-refractivity contribution in [3.8, 4) is 5.69 Å². The van der Waals surface area contributed by atoms with Crippen molar-refractivity contribution >= 4 is 26.7 Å². The van der Waals surface area contributed by atoms with Crippen molar-refractivity contribution in [2.24, 2.45) is 0 Å². The highest BCUT2D eigenvalue weighted by Gasteiger charge is 2.14. The number of hydrogen-bond acceptors (Lipinski definition) is 4. The number of nitrogens with zero attached hydrogens (tertiary/aromatic N) is 4. The van der Waals surface area contributed by atoms with E-state index in [2.05, 4.69) is 74.9 Å². The van der Waals surface area contributed by atoms with Gasteiger partial charge in [0.25, 0.3) is 0 Å². The standard InChI is InChI=1S/C15H16BrN5/c1-3-17-10(2)15-18-19-20-21(15)14-7-5-11-8-13(16)6-4-12(11)9-14/h4-10,17H,3H2,1-2H3. The third-order valence-corrected chi connectivity index (χ3v) is 3.91. The molecule has 1 aromatic heterocycles. The van der Waals surface area contributed by atoms with Gasteiger partial charge in [-0.2, -0.15) is 4.68 Å². The second kappa shape index (κ2) is 5.91. The molecule has 1 N–H and O–H groups in total. The Morgan fingerprint density at radius 2 is 1.95 bits per heavy atom. The first-order valence-electron chi connectivity index (χ1n) is 6.90. The molecule has 0 bridgehead atoms. The van der Waals surface area contributed by atoms with Crippen molar-refractivity contribution in [3.05, 3.63) is 46.7 Å². The summed E-state index contributed by atoms with van der Waals surface area (Å²) in [4.78, 5) is 0. The number of hydrogen-bond donors (Lipinski definition) is 1. The van der Waals surface area contributed by atoms with Gasteiger partial charge in [0.05, 0.1) is 11.7 Å². The minimum atomic E-state index is 0.102. The molecular formula is C15H16BrN5. The maximum Gasteiger partial charge on any atom is 0.173 e. The van der Waals surface area contributed by atoms with Crippen LogP contribution in [0.4, 0.5) is 0 Å². The lowest BCUT2D eigenvalue weighted by Crippen LogP contribution is -2.21. The summed E-state index contributed by atoms with van der Waals surface area (Å²) in [6, 6.07) is 12.5. The van der Waals surface area contributed by atoms with Crippen molar-refractivity contribution in [1.82, 2.24) is 25.5 Å². The highest BCUT2D eigenvalue weighted by molar-refractivity contribution is 9.10. The van der Waals surface area contributed by atoms with Gasteiger partial charge in [0.2, 0.25) is 0 Å². The summed E-state index contributed by atoms with van der Waals surface area (Å²) in [5.41, 5.74) is 0.967. The Morgan fingerprint density at radius 1 is 1.19 bits per heavy atom. The molecule has 2 aromatic carbocycles. The van der Waals surface area contributed by atoms with Crippen LogP contribution in [0.2, 0.25) is 0 Å². The second-order valence-electron chi connectivity index (χ2n) is 4.90. The molecule has 0 aliphatic carbocycles. The summed E-state index contributed by atoms with van der Waals surface area (Å²) in [6.07, 6.45) is 0. The van der Waals surface area contributed by atoms with Gasteiger partial charge < -0.3 is 5.32 Å². The van der Waals surface area contributed by atoms with Gasteiger partial charge in [-0.1, -0.05) is 35.0 Å². The molecule has 0 amide bonds. The highest BCUT2D eigenvalue weighted by Crippen LogP contribution is 2.23. The van der Waals surface area contributed by atoms with Crippen molar-refractivity contribution in [2.75, 3.05) is 6.54 Å². The van der Waals surface area contributed by atoms with Crippen LogP contribution < -0.4 is 5.32 Å². The summed E-state index contributed by atoms with van der Waals surface area (Å²) < 4.78 is 2.86. The Hall–Kier alpha value is -1.79. The predicted molar refractivity (Wildman–Crippen MR) is 86.5 cm³/mol. The van der Waals surface area contributed by atoms with E-state index in [1.54, 1.807) is 4.68 Å². The van der Waals surface area contributed by atoms with E-state index in [1.807, 2.05) is 12.1 Å². The first-order valence-corrected chi connectivity index (χ1v) is 7.69. The molecule has 0 fully saturated rings. The van der Waals surface area contributed by atoms with Crippen LogP contribution in [-0.2, 0) is 0 Å². The molecule has 1 heterocycles. The largest absolute Gasteiger partial charge is 0.308 e. The zero-order valence-corrected chi connectivity index (χ0v) is 13.5. The fourth-order valence-electron chi connectivity index (χ4n) is 2.38. The van der Waals surface area contributed by atoms with Crippen molar-refractivity contribution in [1.29, 1.82) is 0 Å². The maximum absolute atomic E-state index is 4.14. The Balaban J connectivity index is 2.05. The van der Waals surface area contributed by atoms with E-state index in [-0.39, 0.29) is 6.04 Å².